The predicted octanol–water partition coefficient (Wildman–Crippen LogP) is 2.86. The Hall–Kier alpha value is -1.55. The highest BCUT2D eigenvalue weighted by Gasteiger charge is 2.29. The van der Waals surface area contributed by atoms with Gasteiger partial charge in [-0.05, 0) is 31.9 Å². The van der Waals surface area contributed by atoms with E-state index >= 15 is 0 Å². The molecule has 1 unspecified atom stereocenters. The largest absolute Gasteiger partial charge is 0.493 e. The Kier molecular flexibility index (Phi) is 3.92. The average Bonchev–Trinajstić information content (AvgIpc) is 2.80. The van der Waals surface area contributed by atoms with E-state index in [-0.39, 0.29) is 11.9 Å². The van der Waals surface area contributed by atoms with E-state index < -0.39 is 0 Å². The molecule has 0 saturated heterocycles. The monoisotopic (exact) mass is 274 g/mol. The van der Waals surface area contributed by atoms with Crippen LogP contribution in [0.4, 0.5) is 5.69 Å². The Balaban J connectivity index is 1.64. The summed E-state index contributed by atoms with van der Waals surface area (Å²) in [4.78, 5) is 11.8. The number of fused-ring (bicyclic) bond motifs is 1. The number of benzene rings is 1. The number of carbonyl (C=O) groups excluding carboxylic acids is 1. The number of carbonyl (C=O) groups is 1. The summed E-state index contributed by atoms with van der Waals surface area (Å²) in [5.74, 6) is 1.55. The van der Waals surface area contributed by atoms with Crippen LogP contribution >= 0.6 is 0 Å². The van der Waals surface area contributed by atoms with Gasteiger partial charge in [-0.3, -0.25) is 4.79 Å². The third-order valence-electron chi connectivity index (χ3n) is 4.35. The summed E-state index contributed by atoms with van der Waals surface area (Å²) in [7, 11) is 1.80. The van der Waals surface area contributed by atoms with Gasteiger partial charge in [-0.25, -0.2) is 0 Å². The molecule has 1 amide bonds. The van der Waals surface area contributed by atoms with Gasteiger partial charge in [0.2, 0.25) is 5.91 Å². The normalized spacial score (nSPS) is 22.4. The first-order valence-corrected chi connectivity index (χ1v) is 7.53. The van der Waals surface area contributed by atoms with Gasteiger partial charge in [0.05, 0.1) is 6.61 Å². The average molecular weight is 274 g/mol. The number of nitrogens with one attached hydrogen (secondary N) is 2. The van der Waals surface area contributed by atoms with Crippen LogP contribution in [0.3, 0.4) is 0 Å². The minimum absolute atomic E-state index is 0.00642. The second-order valence-corrected chi connectivity index (χ2v) is 5.78. The highest BCUT2D eigenvalue weighted by molar-refractivity contribution is 6.02. The summed E-state index contributed by atoms with van der Waals surface area (Å²) in [6.45, 7) is 0.794. The molecule has 0 radical (unpaired) electrons. The van der Waals surface area contributed by atoms with Crippen molar-refractivity contribution in [3.05, 3.63) is 23.8 Å². The summed E-state index contributed by atoms with van der Waals surface area (Å²) in [6.07, 6.45) is 6.59. The van der Waals surface area contributed by atoms with Crippen LogP contribution in [0.25, 0.3) is 0 Å². The zero-order valence-corrected chi connectivity index (χ0v) is 11.9. The number of amides is 1. The molecular formula is C16H22N2O2. The van der Waals surface area contributed by atoms with Crippen molar-refractivity contribution in [2.45, 2.75) is 38.1 Å². The summed E-state index contributed by atoms with van der Waals surface area (Å²) in [5, 5.41) is 5.92. The van der Waals surface area contributed by atoms with Crippen molar-refractivity contribution in [3.63, 3.8) is 0 Å². The molecule has 1 aromatic carbocycles. The zero-order chi connectivity index (χ0) is 13.9. The van der Waals surface area contributed by atoms with Crippen LogP contribution in [0.2, 0.25) is 0 Å². The zero-order valence-electron chi connectivity index (χ0n) is 11.9. The highest BCUT2D eigenvalue weighted by atomic mass is 16.5. The molecule has 3 rings (SSSR count). The van der Waals surface area contributed by atoms with E-state index in [2.05, 4.69) is 10.6 Å². The topological polar surface area (TPSA) is 50.4 Å². The van der Waals surface area contributed by atoms with Gasteiger partial charge < -0.3 is 15.4 Å². The van der Waals surface area contributed by atoms with Crippen molar-refractivity contribution in [1.29, 1.82) is 0 Å². The molecule has 0 bridgehead atoms. The van der Waals surface area contributed by atoms with Crippen LogP contribution in [0.5, 0.6) is 5.75 Å². The Bertz CT molecular complexity index is 495. The first-order valence-electron chi connectivity index (χ1n) is 7.53. The number of likely N-dealkylation sites (N-methyl/N-ethyl adjacent to an activating group) is 1. The van der Waals surface area contributed by atoms with Crippen LogP contribution in [0.1, 0.15) is 43.7 Å². The Morgan fingerprint density at radius 1 is 1.30 bits per heavy atom. The summed E-state index contributed by atoms with van der Waals surface area (Å²) >= 11 is 0. The Labute approximate surface area is 119 Å². The number of hydrogen-bond acceptors (Lipinski definition) is 3. The van der Waals surface area contributed by atoms with Crippen LogP contribution in [-0.2, 0) is 4.79 Å². The summed E-state index contributed by atoms with van der Waals surface area (Å²) < 4.78 is 5.90. The molecule has 1 atom stereocenters. The van der Waals surface area contributed by atoms with Crippen molar-refractivity contribution < 1.29 is 9.53 Å². The molecule has 1 heterocycles. The molecule has 1 saturated carbocycles. The SMILES string of the molecule is CNC1C(=O)Nc2cc(OCC3CCCCC3)ccc21. The summed E-state index contributed by atoms with van der Waals surface area (Å²) in [5.41, 5.74) is 1.87. The molecule has 1 aromatic rings. The maximum Gasteiger partial charge on any atom is 0.246 e. The molecule has 1 aliphatic carbocycles. The second kappa shape index (κ2) is 5.83. The lowest BCUT2D eigenvalue weighted by atomic mass is 9.90. The van der Waals surface area contributed by atoms with Crippen molar-refractivity contribution in [1.82, 2.24) is 5.32 Å². The fourth-order valence-electron chi connectivity index (χ4n) is 3.19. The van der Waals surface area contributed by atoms with Crippen molar-refractivity contribution in [2.75, 3.05) is 19.0 Å². The van der Waals surface area contributed by atoms with Crippen molar-refractivity contribution in [2.24, 2.45) is 5.92 Å². The maximum atomic E-state index is 11.8. The minimum atomic E-state index is -0.239. The molecule has 0 spiro atoms. The van der Waals surface area contributed by atoms with Gasteiger partial charge >= 0.3 is 0 Å². The van der Waals surface area contributed by atoms with Gasteiger partial charge in [0, 0.05) is 17.3 Å². The predicted molar refractivity (Wildman–Crippen MR) is 78.9 cm³/mol. The van der Waals surface area contributed by atoms with E-state index in [1.807, 2.05) is 18.2 Å². The molecule has 20 heavy (non-hydrogen) atoms. The van der Waals surface area contributed by atoms with Crippen molar-refractivity contribution in [3.8, 4) is 5.75 Å². The van der Waals surface area contributed by atoms with Gasteiger partial charge in [-0.1, -0.05) is 25.3 Å². The van der Waals surface area contributed by atoms with E-state index in [0.717, 1.165) is 23.6 Å². The minimum Gasteiger partial charge on any atom is -0.493 e. The molecule has 108 valence electrons. The van der Waals surface area contributed by atoms with E-state index in [4.69, 9.17) is 4.74 Å². The Morgan fingerprint density at radius 3 is 2.85 bits per heavy atom. The van der Waals surface area contributed by atoms with Gasteiger partial charge in [-0.15, -0.1) is 0 Å². The molecule has 2 aliphatic rings. The molecule has 2 N–H and O–H groups in total. The highest BCUT2D eigenvalue weighted by Crippen LogP contribution is 2.34. The number of anilines is 1. The van der Waals surface area contributed by atoms with E-state index in [0.29, 0.717) is 5.92 Å². The smallest absolute Gasteiger partial charge is 0.246 e. The van der Waals surface area contributed by atoms with Gasteiger partial charge in [0.15, 0.2) is 0 Å². The molecule has 4 nitrogen and oxygen atoms in total. The molecular weight excluding hydrogens is 252 g/mol. The van der Waals surface area contributed by atoms with Gasteiger partial charge in [-0.2, -0.15) is 0 Å². The van der Waals surface area contributed by atoms with Gasteiger partial charge in [0.25, 0.3) is 0 Å². The third-order valence-corrected chi connectivity index (χ3v) is 4.35. The van der Waals surface area contributed by atoms with Crippen LogP contribution in [0.15, 0.2) is 18.2 Å². The lowest BCUT2D eigenvalue weighted by Crippen LogP contribution is -2.23. The molecule has 1 aliphatic heterocycles. The number of ether oxygens (including phenoxy) is 1. The number of rotatable bonds is 4. The maximum absolute atomic E-state index is 11.8. The standard InChI is InChI=1S/C16H22N2O2/c1-17-15-13-8-7-12(9-14(13)18-16(15)19)20-10-11-5-3-2-4-6-11/h7-9,11,15,17H,2-6,10H2,1H3,(H,18,19). The fraction of sp³-hybridized carbons (Fsp3) is 0.562. The van der Waals surface area contributed by atoms with Gasteiger partial charge in [0.1, 0.15) is 11.8 Å². The lowest BCUT2D eigenvalue weighted by Gasteiger charge is -2.21. The van der Waals surface area contributed by atoms with E-state index in [1.54, 1.807) is 7.05 Å². The second-order valence-electron chi connectivity index (χ2n) is 5.78. The quantitative estimate of drug-likeness (QED) is 0.887. The van der Waals surface area contributed by atoms with E-state index in [9.17, 15) is 4.79 Å². The van der Waals surface area contributed by atoms with Crippen LogP contribution < -0.4 is 15.4 Å². The first-order chi connectivity index (χ1) is 9.78. The Morgan fingerprint density at radius 2 is 2.10 bits per heavy atom. The van der Waals surface area contributed by atoms with Crippen LogP contribution in [-0.4, -0.2) is 19.6 Å². The molecule has 1 fully saturated rings. The molecule has 0 aromatic heterocycles. The summed E-state index contributed by atoms with van der Waals surface area (Å²) in [6, 6.07) is 5.64. The van der Waals surface area contributed by atoms with Crippen molar-refractivity contribution >= 4 is 11.6 Å². The van der Waals surface area contributed by atoms with E-state index in [1.165, 1.54) is 32.1 Å². The fourth-order valence-corrected chi connectivity index (χ4v) is 3.19. The first kappa shape index (κ1) is 13.4. The third kappa shape index (κ3) is 2.66. The van der Waals surface area contributed by atoms with Crippen LogP contribution in [0, 0.1) is 5.92 Å². The lowest BCUT2D eigenvalue weighted by molar-refractivity contribution is -0.117. The number of hydrogen-bond donors (Lipinski definition) is 2. The molecule has 4 heteroatoms.